The molecule has 6 heteroatoms. The van der Waals surface area contributed by atoms with E-state index in [4.69, 9.17) is 9.47 Å². The zero-order valence-corrected chi connectivity index (χ0v) is 16.8. The molecule has 0 aliphatic carbocycles. The van der Waals surface area contributed by atoms with E-state index in [1.165, 1.54) is 18.4 Å². The Bertz CT molecular complexity index is 646. The van der Waals surface area contributed by atoms with E-state index in [-0.39, 0.29) is 0 Å². The molecule has 1 N–H and O–H groups in total. The molecule has 2 aromatic rings. The summed E-state index contributed by atoms with van der Waals surface area (Å²) in [6.07, 6.45) is 7.12. The summed E-state index contributed by atoms with van der Waals surface area (Å²) < 4.78 is 15.0. The topological polar surface area (TPSA) is 46.6 Å². The van der Waals surface area contributed by atoms with Crippen LogP contribution in [0, 0.1) is 0 Å². The largest absolute Gasteiger partial charge is 0.491 e. The van der Waals surface area contributed by atoms with Crippen LogP contribution in [-0.4, -0.2) is 55.0 Å². The Labute approximate surface area is 166 Å². The molecule has 1 aliphatic heterocycles. The average Bonchev–Trinajstić information content (AvgIpc) is 2.72. The number of nitrogens with one attached hydrogen (secondary N) is 1. The summed E-state index contributed by atoms with van der Waals surface area (Å²) in [6, 6.07) is 14.8. The Hall–Kier alpha value is -1.76. The van der Waals surface area contributed by atoms with Gasteiger partial charge in [0.15, 0.2) is 0 Å². The minimum absolute atomic E-state index is 0.624. The Kier molecular flexibility index (Phi) is 8.27. The van der Waals surface area contributed by atoms with Gasteiger partial charge in [0.25, 0.3) is 0 Å². The number of piperidine rings is 1. The van der Waals surface area contributed by atoms with Gasteiger partial charge in [-0.15, -0.1) is 0 Å². The Balaban J connectivity index is 1.31. The van der Waals surface area contributed by atoms with Gasteiger partial charge in [-0.3, -0.25) is 9.62 Å². The van der Waals surface area contributed by atoms with E-state index in [0.717, 1.165) is 31.8 Å². The summed E-state index contributed by atoms with van der Waals surface area (Å²) in [5.74, 6) is 1.44. The highest BCUT2D eigenvalue weighted by molar-refractivity contribution is 7.96. The fourth-order valence-electron chi connectivity index (χ4n) is 3.19. The molecule has 0 atom stereocenters. The van der Waals surface area contributed by atoms with Gasteiger partial charge in [-0.25, -0.2) is 4.98 Å². The van der Waals surface area contributed by atoms with Crippen LogP contribution in [0.25, 0.3) is 0 Å². The van der Waals surface area contributed by atoms with E-state index in [0.29, 0.717) is 25.1 Å². The molecular weight excluding hydrogens is 358 g/mol. The molecule has 1 fully saturated rings. The van der Waals surface area contributed by atoms with Crippen molar-refractivity contribution >= 4 is 11.9 Å². The number of hydrogen-bond donors (Lipinski definition) is 1. The SMILES string of the molecule is CSNC1CCN(CCOc2ccc(OCCc3ccccc3)nc2)CC1. The van der Waals surface area contributed by atoms with Crippen LogP contribution in [-0.2, 0) is 6.42 Å². The van der Waals surface area contributed by atoms with Gasteiger partial charge in [-0.2, -0.15) is 0 Å². The molecule has 27 heavy (non-hydrogen) atoms. The third-order valence-electron chi connectivity index (χ3n) is 4.74. The van der Waals surface area contributed by atoms with Gasteiger partial charge in [-0.05, 0) is 43.8 Å². The zero-order chi connectivity index (χ0) is 18.7. The minimum atomic E-state index is 0.624. The van der Waals surface area contributed by atoms with Crippen molar-refractivity contribution in [1.29, 1.82) is 0 Å². The third-order valence-corrected chi connectivity index (χ3v) is 5.31. The number of rotatable bonds is 10. The maximum absolute atomic E-state index is 5.83. The number of pyridine rings is 1. The Morgan fingerprint density at radius 3 is 2.59 bits per heavy atom. The number of aromatic nitrogens is 1. The van der Waals surface area contributed by atoms with Crippen LogP contribution >= 0.6 is 11.9 Å². The highest BCUT2D eigenvalue weighted by atomic mass is 32.2. The molecule has 1 saturated heterocycles. The second kappa shape index (κ2) is 11.2. The van der Waals surface area contributed by atoms with Crippen LogP contribution in [0.3, 0.4) is 0 Å². The zero-order valence-electron chi connectivity index (χ0n) is 16.0. The molecule has 1 aromatic heterocycles. The fraction of sp³-hybridized carbons (Fsp3) is 0.476. The maximum atomic E-state index is 5.83. The van der Waals surface area contributed by atoms with Gasteiger partial charge in [0, 0.05) is 25.1 Å². The molecule has 0 saturated carbocycles. The summed E-state index contributed by atoms with van der Waals surface area (Å²) in [5.41, 5.74) is 1.27. The predicted octanol–water partition coefficient (Wildman–Crippen LogP) is 3.41. The van der Waals surface area contributed by atoms with Crippen molar-refractivity contribution in [3.63, 3.8) is 0 Å². The molecule has 0 amide bonds. The number of nitrogens with zero attached hydrogens (tertiary/aromatic N) is 2. The molecule has 5 nitrogen and oxygen atoms in total. The summed E-state index contributed by atoms with van der Waals surface area (Å²) in [5, 5.41) is 0. The van der Waals surface area contributed by atoms with E-state index in [9.17, 15) is 0 Å². The number of ether oxygens (including phenoxy) is 2. The lowest BCUT2D eigenvalue weighted by molar-refractivity contribution is 0.171. The highest BCUT2D eigenvalue weighted by Crippen LogP contribution is 2.15. The van der Waals surface area contributed by atoms with Crippen molar-refractivity contribution in [2.24, 2.45) is 0 Å². The molecule has 0 radical (unpaired) electrons. The first-order chi connectivity index (χ1) is 13.3. The van der Waals surface area contributed by atoms with Gasteiger partial charge in [0.05, 0.1) is 12.8 Å². The second-order valence-electron chi connectivity index (χ2n) is 6.70. The second-order valence-corrected chi connectivity index (χ2v) is 7.35. The lowest BCUT2D eigenvalue weighted by Gasteiger charge is -2.31. The Morgan fingerprint density at radius 1 is 1.07 bits per heavy atom. The van der Waals surface area contributed by atoms with E-state index in [1.807, 2.05) is 30.3 Å². The molecule has 2 heterocycles. The van der Waals surface area contributed by atoms with E-state index in [1.54, 1.807) is 18.1 Å². The van der Waals surface area contributed by atoms with Crippen molar-refractivity contribution in [3.8, 4) is 11.6 Å². The Morgan fingerprint density at radius 2 is 1.89 bits per heavy atom. The number of benzene rings is 1. The standard InChI is InChI=1S/C21H29N3O2S/c1-27-23-19-9-12-24(13-10-19)14-16-25-20-7-8-21(22-17-20)26-15-11-18-5-3-2-4-6-18/h2-8,17,19,23H,9-16H2,1H3. The van der Waals surface area contributed by atoms with Gasteiger partial charge in [0.1, 0.15) is 12.4 Å². The summed E-state index contributed by atoms with van der Waals surface area (Å²) in [4.78, 5) is 6.80. The molecule has 3 rings (SSSR count). The van der Waals surface area contributed by atoms with E-state index in [2.05, 4.69) is 33.0 Å². The van der Waals surface area contributed by atoms with Gasteiger partial charge in [0.2, 0.25) is 5.88 Å². The number of likely N-dealkylation sites (tertiary alicyclic amines) is 1. The van der Waals surface area contributed by atoms with Crippen LogP contribution in [0.1, 0.15) is 18.4 Å². The quantitative estimate of drug-likeness (QED) is 0.631. The predicted molar refractivity (Wildman–Crippen MR) is 111 cm³/mol. The summed E-state index contributed by atoms with van der Waals surface area (Å²) >= 11 is 1.72. The van der Waals surface area contributed by atoms with Crippen LogP contribution in [0.15, 0.2) is 48.7 Å². The first-order valence-corrected chi connectivity index (χ1v) is 10.8. The molecule has 1 aromatic carbocycles. The summed E-state index contributed by atoms with van der Waals surface area (Å²) in [6.45, 7) is 4.54. The van der Waals surface area contributed by atoms with Gasteiger partial charge >= 0.3 is 0 Å². The van der Waals surface area contributed by atoms with Crippen LogP contribution in [0.4, 0.5) is 0 Å². The van der Waals surface area contributed by atoms with Crippen molar-refractivity contribution in [2.75, 3.05) is 39.1 Å². The molecule has 0 spiro atoms. The van der Waals surface area contributed by atoms with Gasteiger partial charge in [-0.1, -0.05) is 42.3 Å². The lowest BCUT2D eigenvalue weighted by atomic mass is 10.1. The fourth-order valence-corrected chi connectivity index (χ4v) is 3.76. The summed E-state index contributed by atoms with van der Waals surface area (Å²) in [7, 11) is 0. The third kappa shape index (κ3) is 7.05. The molecule has 1 aliphatic rings. The van der Waals surface area contributed by atoms with Crippen molar-refractivity contribution < 1.29 is 9.47 Å². The molecule has 0 unspecified atom stereocenters. The lowest BCUT2D eigenvalue weighted by Crippen LogP contribution is -2.41. The monoisotopic (exact) mass is 387 g/mol. The van der Waals surface area contributed by atoms with Crippen molar-refractivity contribution in [3.05, 3.63) is 54.2 Å². The highest BCUT2D eigenvalue weighted by Gasteiger charge is 2.18. The average molecular weight is 388 g/mol. The first-order valence-electron chi connectivity index (χ1n) is 9.60. The normalized spacial score (nSPS) is 15.6. The van der Waals surface area contributed by atoms with Crippen LogP contribution < -0.4 is 14.2 Å². The van der Waals surface area contributed by atoms with Crippen molar-refractivity contribution in [1.82, 2.24) is 14.6 Å². The van der Waals surface area contributed by atoms with Crippen LogP contribution in [0.2, 0.25) is 0 Å². The molecular formula is C21H29N3O2S. The molecule has 0 bridgehead atoms. The minimum Gasteiger partial charge on any atom is -0.491 e. The number of hydrogen-bond acceptors (Lipinski definition) is 6. The smallest absolute Gasteiger partial charge is 0.213 e. The van der Waals surface area contributed by atoms with Crippen LogP contribution in [0.5, 0.6) is 11.6 Å². The van der Waals surface area contributed by atoms with Crippen molar-refractivity contribution in [2.45, 2.75) is 25.3 Å². The van der Waals surface area contributed by atoms with Gasteiger partial charge < -0.3 is 9.47 Å². The first kappa shape index (κ1) is 20.0. The van der Waals surface area contributed by atoms with E-state index >= 15 is 0 Å². The molecule has 146 valence electrons. The maximum Gasteiger partial charge on any atom is 0.213 e. The van der Waals surface area contributed by atoms with E-state index < -0.39 is 0 Å².